The smallest absolute Gasteiger partial charge is 0.215 e. The second-order valence-corrected chi connectivity index (χ2v) is 12.1. The van der Waals surface area contributed by atoms with Crippen molar-refractivity contribution in [1.82, 2.24) is 19.4 Å². The monoisotopic (exact) mass is 614 g/mol. The molecule has 0 aliphatic carbocycles. The topological polar surface area (TPSA) is 56.2 Å². The van der Waals surface area contributed by atoms with Crippen molar-refractivity contribution in [1.29, 1.82) is 0 Å². The zero-order valence-electron chi connectivity index (χ0n) is 25.7. The lowest BCUT2D eigenvalue weighted by molar-refractivity contribution is 0.650. The van der Waals surface area contributed by atoms with Gasteiger partial charge in [-0.25, -0.2) is 15.0 Å². The number of fused-ring (bicyclic) bond motifs is 10. The van der Waals surface area contributed by atoms with E-state index in [1.807, 2.05) is 48.5 Å². The molecule has 6 aromatic carbocycles. The first kappa shape index (κ1) is 26.6. The summed E-state index contributed by atoms with van der Waals surface area (Å²) < 4.78 is 8.78. The molecule has 5 heteroatoms. The van der Waals surface area contributed by atoms with Crippen LogP contribution in [0.2, 0.25) is 0 Å². The van der Waals surface area contributed by atoms with Gasteiger partial charge in [-0.3, -0.25) is 4.40 Å². The molecule has 10 aromatic rings. The summed E-state index contributed by atoms with van der Waals surface area (Å²) in [5.41, 5.74) is 11.7. The lowest BCUT2D eigenvalue weighted by Crippen LogP contribution is -1.95. The Morgan fingerprint density at radius 2 is 1.04 bits per heavy atom. The molecule has 0 spiro atoms. The molecule has 0 bridgehead atoms. The average Bonchev–Trinajstić information content (AvgIpc) is 3.75. The SMILES string of the molecule is c1ccc(-c2cc(-c3ccc(-c4ccc5oc6c(c5c4)c4ccccc4c4nc5ccccc5n46)cc3)nc(-c3ccccc3)n2)cc1. The molecule has 5 nitrogen and oxygen atoms in total. The lowest BCUT2D eigenvalue weighted by atomic mass is 9.99. The van der Waals surface area contributed by atoms with Crippen LogP contribution in [-0.2, 0) is 0 Å². The number of hydrogen-bond donors (Lipinski definition) is 0. The van der Waals surface area contributed by atoms with Crippen molar-refractivity contribution in [2.24, 2.45) is 0 Å². The van der Waals surface area contributed by atoms with Crippen LogP contribution < -0.4 is 0 Å². The van der Waals surface area contributed by atoms with Crippen LogP contribution in [0.25, 0.3) is 94.6 Å². The highest BCUT2D eigenvalue weighted by atomic mass is 16.3. The van der Waals surface area contributed by atoms with Gasteiger partial charge in [-0.1, -0.05) is 127 Å². The van der Waals surface area contributed by atoms with Gasteiger partial charge in [0.05, 0.1) is 27.8 Å². The van der Waals surface area contributed by atoms with E-state index in [1.165, 1.54) is 0 Å². The first-order valence-corrected chi connectivity index (χ1v) is 16.0. The van der Waals surface area contributed by atoms with Crippen molar-refractivity contribution >= 4 is 49.5 Å². The third-order valence-electron chi connectivity index (χ3n) is 9.21. The van der Waals surface area contributed by atoms with Crippen molar-refractivity contribution in [3.05, 3.63) is 158 Å². The van der Waals surface area contributed by atoms with E-state index in [9.17, 15) is 0 Å². The lowest BCUT2D eigenvalue weighted by Gasteiger charge is -2.10. The quantitative estimate of drug-likeness (QED) is 0.198. The maximum Gasteiger partial charge on any atom is 0.215 e. The minimum Gasteiger partial charge on any atom is -0.439 e. The number of hydrogen-bond acceptors (Lipinski definition) is 4. The van der Waals surface area contributed by atoms with Gasteiger partial charge in [0.15, 0.2) is 5.82 Å². The minimum absolute atomic E-state index is 0.709. The second-order valence-electron chi connectivity index (χ2n) is 12.1. The van der Waals surface area contributed by atoms with E-state index in [4.69, 9.17) is 19.4 Å². The highest BCUT2D eigenvalue weighted by molar-refractivity contribution is 6.22. The van der Waals surface area contributed by atoms with Gasteiger partial charge >= 0.3 is 0 Å². The Morgan fingerprint density at radius 1 is 0.438 bits per heavy atom. The number of benzene rings is 6. The summed E-state index contributed by atoms with van der Waals surface area (Å²) in [5, 5.41) is 4.41. The normalized spacial score (nSPS) is 11.8. The van der Waals surface area contributed by atoms with E-state index in [0.29, 0.717) is 5.82 Å². The zero-order chi connectivity index (χ0) is 31.6. The maximum absolute atomic E-state index is 6.61. The molecule has 4 heterocycles. The molecule has 0 N–H and O–H groups in total. The van der Waals surface area contributed by atoms with E-state index in [-0.39, 0.29) is 0 Å². The average molecular weight is 615 g/mol. The Bertz CT molecular complexity index is 2760. The molecule has 0 atom stereocenters. The van der Waals surface area contributed by atoms with E-state index in [0.717, 1.165) is 88.7 Å². The fourth-order valence-electron chi connectivity index (χ4n) is 6.89. The van der Waals surface area contributed by atoms with Crippen LogP contribution >= 0.6 is 0 Å². The van der Waals surface area contributed by atoms with Crippen LogP contribution in [0, 0.1) is 0 Å². The molecule has 0 unspecified atom stereocenters. The summed E-state index contributed by atoms with van der Waals surface area (Å²) in [7, 11) is 0. The number of rotatable bonds is 4. The predicted octanol–water partition coefficient (Wildman–Crippen LogP) is 11.0. The molecule has 48 heavy (non-hydrogen) atoms. The van der Waals surface area contributed by atoms with Crippen LogP contribution in [0.15, 0.2) is 162 Å². The summed E-state index contributed by atoms with van der Waals surface area (Å²) in [6.07, 6.45) is 0. The molecule has 0 saturated carbocycles. The van der Waals surface area contributed by atoms with Gasteiger partial charge < -0.3 is 4.42 Å². The maximum atomic E-state index is 6.61. The van der Waals surface area contributed by atoms with Crippen LogP contribution in [0.4, 0.5) is 0 Å². The number of imidazole rings is 1. The second kappa shape index (κ2) is 10.5. The van der Waals surface area contributed by atoms with Crippen molar-refractivity contribution in [3.8, 4) is 45.0 Å². The third-order valence-corrected chi connectivity index (χ3v) is 9.21. The molecule has 0 aliphatic heterocycles. The van der Waals surface area contributed by atoms with Crippen molar-refractivity contribution in [2.75, 3.05) is 0 Å². The fraction of sp³-hybridized carbons (Fsp3) is 0. The number of para-hydroxylation sites is 2. The fourth-order valence-corrected chi connectivity index (χ4v) is 6.89. The zero-order valence-corrected chi connectivity index (χ0v) is 25.7. The Labute approximate surface area is 275 Å². The van der Waals surface area contributed by atoms with E-state index >= 15 is 0 Å². The van der Waals surface area contributed by atoms with Gasteiger partial charge in [0.1, 0.15) is 11.2 Å². The van der Waals surface area contributed by atoms with Crippen molar-refractivity contribution < 1.29 is 4.42 Å². The first-order valence-electron chi connectivity index (χ1n) is 16.0. The van der Waals surface area contributed by atoms with Crippen molar-refractivity contribution in [2.45, 2.75) is 0 Å². The first-order chi connectivity index (χ1) is 23.8. The van der Waals surface area contributed by atoms with E-state index in [2.05, 4.69) is 114 Å². The summed E-state index contributed by atoms with van der Waals surface area (Å²) in [5.74, 6) is 0.709. The molecule has 10 rings (SSSR count). The Balaban J connectivity index is 1.11. The molecule has 4 aromatic heterocycles. The molecule has 0 radical (unpaired) electrons. The van der Waals surface area contributed by atoms with Gasteiger partial charge in [-0.15, -0.1) is 0 Å². The molecule has 0 amide bonds. The van der Waals surface area contributed by atoms with Crippen LogP contribution in [0.5, 0.6) is 0 Å². The molecule has 0 aliphatic rings. The highest BCUT2D eigenvalue weighted by Crippen LogP contribution is 2.40. The Morgan fingerprint density at radius 3 is 1.81 bits per heavy atom. The van der Waals surface area contributed by atoms with Crippen LogP contribution in [-0.4, -0.2) is 19.4 Å². The minimum atomic E-state index is 0.709. The highest BCUT2D eigenvalue weighted by Gasteiger charge is 2.19. The summed E-state index contributed by atoms with van der Waals surface area (Å²) in [6.45, 7) is 0. The van der Waals surface area contributed by atoms with Gasteiger partial charge in [0, 0.05) is 27.5 Å². The van der Waals surface area contributed by atoms with Gasteiger partial charge in [-0.2, -0.15) is 0 Å². The molecular formula is C43H26N4O. The number of furan rings is 1. The molecule has 0 saturated heterocycles. The van der Waals surface area contributed by atoms with E-state index < -0.39 is 0 Å². The van der Waals surface area contributed by atoms with Crippen LogP contribution in [0.1, 0.15) is 0 Å². The summed E-state index contributed by atoms with van der Waals surface area (Å²) in [6, 6.07) is 54.3. The Hall–Kier alpha value is -6.59. The standard InChI is InChI=1S/C43H26N4O/c1-3-11-28(12-4-1)36-26-37(45-41(44-36)30-13-5-2-6-14-30)29-21-19-27(20-22-29)31-23-24-39-34(25-31)40-32-15-7-8-16-33(32)42-46-35-17-9-10-18-38(35)47(42)43(40)48-39/h1-26H. The number of pyridine rings is 1. The third kappa shape index (κ3) is 4.15. The van der Waals surface area contributed by atoms with Gasteiger partial charge in [-0.05, 0) is 46.8 Å². The van der Waals surface area contributed by atoms with Gasteiger partial charge in [0.25, 0.3) is 0 Å². The number of nitrogens with zero attached hydrogens (tertiary/aromatic N) is 4. The number of aromatic nitrogens is 4. The van der Waals surface area contributed by atoms with Crippen molar-refractivity contribution in [3.63, 3.8) is 0 Å². The summed E-state index contributed by atoms with van der Waals surface area (Å²) in [4.78, 5) is 15.0. The largest absolute Gasteiger partial charge is 0.439 e. The van der Waals surface area contributed by atoms with E-state index in [1.54, 1.807) is 0 Å². The molecule has 0 fully saturated rings. The molecule has 224 valence electrons. The Kier molecular flexibility index (Phi) is 5.81. The predicted molar refractivity (Wildman–Crippen MR) is 195 cm³/mol. The summed E-state index contributed by atoms with van der Waals surface area (Å²) >= 11 is 0. The molecular weight excluding hydrogens is 589 g/mol. The van der Waals surface area contributed by atoms with Crippen LogP contribution in [0.3, 0.4) is 0 Å². The van der Waals surface area contributed by atoms with Gasteiger partial charge in [0.2, 0.25) is 5.71 Å².